The van der Waals surface area contributed by atoms with E-state index in [1.165, 1.54) is 0 Å². The highest BCUT2D eigenvalue weighted by Gasteiger charge is 2.26. The van der Waals surface area contributed by atoms with E-state index in [-0.39, 0.29) is 5.91 Å². The second kappa shape index (κ2) is 7.62. The van der Waals surface area contributed by atoms with E-state index in [0.29, 0.717) is 24.8 Å². The molecule has 0 saturated carbocycles. The molecule has 0 aromatic heterocycles. The van der Waals surface area contributed by atoms with Crippen molar-refractivity contribution in [2.75, 3.05) is 32.7 Å². The number of likely N-dealkylation sites (tertiary alicyclic amines) is 2. The number of amides is 2. The van der Waals surface area contributed by atoms with Gasteiger partial charge in [-0.15, -0.1) is 0 Å². The number of nitrogens with zero attached hydrogens (tertiary/aromatic N) is 2. The summed E-state index contributed by atoms with van der Waals surface area (Å²) in [5.41, 5.74) is 5.44. The van der Waals surface area contributed by atoms with Crippen LogP contribution in [0.25, 0.3) is 0 Å². The Balaban J connectivity index is 1.71. The highest BCUT2D eigenvalue weighted by Crippen LogP contribution is 2.21. The molecule has 0 atom stereocenters. The Morgan fingerprint density at radius 3 is 2.60 bits per heavy atom. The van der Waals surface area contributed by atoms with Crippen molar-refractivity contribution in [1.82, 2.24) is 9.80 Å². The maximum atomic E-state index is 11.9. The quantitative estimate of drug-likeness (QED) is 0.817. The molecule has 0 aromatic rings. The Bertz CT molecular complexity index is 338. The molecule has 2 saturated heterocycles. The zero-order valence-corrected chi connectivity index (χ0v) is 12.4. The number of hydrogen-bond donors (Lipinski definition) is 1. The summed E-state index contributed by atoms with van der Waals surface area (Å²) in [4.78, 5) is 27.7. The number of carbonyl (C=O) groups excluding carboxylic acids is 2. The van der Waals surface area contributed by atoms with Crippen molar-refractivity contribution in [3.63, 3.8) is 0 Å². The highest BCUT2D eigenvalue weighted by atomic mass is 16.2. The van der Waals surface area contributed by atoms with Crippen molar-refractivity contribution < 1.29 is 9.59 Å². The van der Waals surface area contributed by atoms with Gasteiger partial charge in [0.05, 0.1) is 0 Å². The Hall–Kier alpha value is -1.10. The standard InChI is InChI=1S/C15H27N3O2/c16-8-3-5-14(19)17-10-6-13(7-11-17)12-18-9-2-1-4-15(18)20/h13H,1-12,16H2. The van der Waals surface area contributed by atoms with E-state index in [2.05, 4.69) is 0 Å². The summed E-state index contributed by atoms with van der Waals surface area (Å²) < 4.78 is 0. The lowest BCUT2D eigenvalue weighted by molar-refractivity contribution is -0.136. The fourth-order valence-electron chi connectivity index (χ4n) is 3.14. The molecule has 0 radical (unpaired) electrons. The third-order valence-electron chi connectivity index (χ3n) is 4.46. The molecule has 0 unspecified atom stereocenters. The molecule has 114 valence electrons. The van der Waals surface area contributed by atoms with Crippen LogP contribution in [0, 0.1) is 5.92 Å². The first kappa shape index (κ1) is 15.3. The molecule has 5 heteroatoms. The van der Waals surface area contributed by atoms with Gasteiger partial charge in [-0.3, -0.25) is 9.59 Å². The van der Waals surface area contributed by atoms with E-state index in [4.69, 9.17) is 5.73 Å². The van der Waals surface area contributed by atoms with E-state index in [0.717, 1.165) is 64.7 Å². The molecule has 2 aliphatic rings. The molecule has 2 heterocycles. The van der Waals surface area contributed by atoms with Crippen molar-refractivity contribution in [2.45, 2.75) is 44.9 Å². The van der Waals surface area contributed by atoms with E-state index in [1.807, 2.05) is 9.80 Å². The molecule has 0 aromatic carbocycles. The molecule has 0 bridgehead atoms. The van der Waals surface area contributed by atoms with Crippen molar-refractivity contribution in [1.29, 1.82) is 0 Å². The van der Waals surface area contributed by atoms with Crippen LogP contribution in [-0.2, 0) is 9.59 Å². The first-order chi connectivity index (χ1) is 9.70. The van der Waals surface area contributed by atoms with Gasteiger partial charge in [0.2, 0.25) is 11.8 Å². The Morgan fingerprint density at radius 2 is 1.95 bits per heavy atom. The molecule has 0 aliphatic carbocycles. The van der Waals surface area contributed by atoms with E-state index in [9.17, 15) is 9.59 Å². The monoisotopic (exact) mass is 281 g/mol. The van der Waals surface area contributed by atoms with Crippen molar-refractivity contribution >= 4 is 11.8 Å². The number of nitrogens with two attached hydrogens (primary N) is 1. The first-order valence-electron chi connectivity index (χ1n) is 7.96. The van der Waals surface area contributed by atoms with E-state index in [1.54, 1.807) is 0 Å². The van der Waals surface area contributed by atoms with Crippen LogP contribution in [-0.4, -0.2) is 54.3 Å². The summed E-state index contributed by atoms with van der Waals surface area (Å²) in [6.07, 6.45) is 6.31. The molecular weight excluding hydrogens is 254 g/mol. The lowest BCUT2D eigenvalue weighted by Crippen LogP contribution is -2.44. The maximum absolute atomic E-state index is 11.9. The Kier molecular flexibility index (Phi) is 5.83. The fraction of sp³-hybridized carbons (Fsp3) is 0.867. The smallest absolute Gasteiger partial charge is 0.222 e. The summed E-state index contributed by atoms with van der Waals surface area (Å²) in [5, 5.41) is 0. The topological polar surface area (TPSA) is 66.6 Å². The van der Waals surface area contributed by atoms with Crippen LogP contribution in [0.3, 0.4) is 0 Å². The number of piperidine rings is 2. The largest absolute Gasteiger partial charge is 0.343 e. The maximum Gasteiger partial charge on any atom is 0.222 e. The second-order valence-electron chi connectivity index (χ2n) is 6.01. The van der Waals surface area contributed by atoms with Crippen LogP contribution in [0.1, 0.15) is 44.9 Å². The molecule has 2 aliphatic heterocycles. The summed E-state index contributed by atoms with van der Waals surface area (Å²) in [7, 11) is 0. The Morgan fingerprint density at radius 1 is 1.20 bits per heavy atom. The summed E-state index contributed by atoms with van der Waals surface area (Å²) in [6.45, 7) is 4.09. The molecule has 5 nitrogen and oxygen atoms in total. The zero-order valence-electron chi connectivity index (χ0n) is 12.4. The molecule has 2 rings (SSSR count). The van der Waals surface area contributed by atoms with Gasteiger partial charge in [-0.05, 0) is 44.6 Å². The number of carbonyl (C=O) groups is 2. The average Bonchev–Trinajstić information content (AvgIpc) is 2.48. The van der Waals surface area contributed by atoms with E-state index >= 15 is 0 Å². The van der Waals surface area contributed by atoms with Crippen LogP contribution < -0.4 is 5.73 Å². The molecule has 0 spiro atoms. The predicted octanol–water partition coefficient (Wildman–Crippen LogP) is 0.976. The normalized spacial score (nSPS) is 21.4. The van der Waals surface area contributed by atoms with Gasteiger partial charge < -0.3 is 15.5 Å². The van der Waals surface area contributed by atoms with Gasteiger partial charge in [0.15, 0.2) is 0 Å². The van der Waals surface area contributed by atoms with Gasteiger partial charge in [0, 0.05) is 39.0 Å². The van der Waals surface area contributed by atoms with Gasteiger partial charge in [-0.2, -0.15) is 0 Å². The summed E-state index contributed by atoms with van der Waals surface area (Å²) in [6, 6.07) is 0. The second-order valence-corrected chi connectivity index (χ2v) is 6.01. The lowest BCUT2D eigenvalue weighted by atomic mass is 9.95. The fourth-order valence-corrected chi connectivity index (χ4v) is 3.14. The van der Waals surface area contributed by atoms with Crippen molar-refractivity contribution in [2.24, 2.45) is 11.7 Å². The third kappa shape index (κ3) is 4.20. The van der Waals surface area contributed by atoms with Gasteiger partial charge in [-0.25, -0.2) is 0 Å². The van der Waals surface area contributed by atoms with Crippen LogP contribution in [0.4, 0.5) is 0 Å². The molecular formula is C15H27N3O2. The summed E-state index contributed by atoms with van der Waals surface area (Å²) >= 11 is 0. The SMILES string of the molecule is NCCCC(=O)N1CCC(CN2CCCCC2=O)CC1. The molecule has 2 fully saturated rings. The van der Waals surface area contributed by atoms with Crippen LogP contribution >= 0.6 is 0 Å². The van der Waals surface area contributed by atoms with Crippen LogP contribution in [0.2, 0.25) is 0 Å². The van der Waals surface area contributed by atoms with Crippen LogP contribution in [0.15, 0.2) is 0 Å². The predicted molar refractivity (Wildman–Crippen MR) is 78.0 cm³/mol. The minimum absolute atomic E-state index is 0.239. The van der Waals surface area contributed by atoms with E-state index < -0.39 is 0 Å². The number of rotatable bonds is 5. The molecule has 20 heavy (non-hydrogen) atoms. The average molecular weight is 281 g/mol. The minimum Gasteiger partial charge on any atom is -0.343 e. The van der Waals surface area contributed by atoms with Crippen molar-refractivity contribution in [3.05, 3.63) is 0 Å². The third-order valence-corrected chi connectivity index (χ3v) is 4.46. The first-order valence-corrected chi connectivity index (χ1v) is 7.96. The Labute approximate surface area is 121 Å². The highest BCUT2D eigenvalue weighted by molar-refractivity contribution is 5.77. The minimum atomic E-state index is 0.239. The molecule has 2 N–H and O–H groups in total. The number of hydrogen-bond acceptors (Lipinski definition) is 3. The van der Waals surface area contributed by atoms with Gasteiger partial charge in [0.1, 0.15) is 0 Å². The van der Waals surface area contributed by atoms with Crippen LogP contribution in [0.5, 0.6) is 0 Å². The molecule has 2 amide bonds. The van der Waals surface area contributed by atoms with Gasteiger partial charge in [-0.1, -0.05) is 0 Å². The summed E-state index contributed by atoms with van der Waals surface area (Å²) in [5.74, 6) is 1.12. The van der Waals surface area contributed by atoms with Crippen molar-refractivity contribution in [3.8, 4) is 0 Å². The van der Waals surface area contributed by atoms with Gasteiger partial charge in [0.25, 0.3) is 0 Å². The zero-order chi connectivity index (χ0) is 14.4. The lowest BCUT2D eigenvalue weighted by Gasteiger charge is -2.36. The van der Waals surface area contributed by atoms with Gasteiger partial charge >= 0.3 is 0 Å².